The first kappa shape index (κ1) is 14.4. The maximum atomic E-state index is 3.70. The van der Waals surface area contributed by atoms with Crippen LogP contribution in [0.15, 0.2) is 0 Å². The summed E-state index contributed by atoms with van der Waals surface area (Å²) in [7, 11) is 2.21. The van der Waals surface area contributed by atoms with Gasteiger partial charge in [0, 0.05) is 6.04 Å². The molecule has 18 heavy (non-hydrogen) atoms. The third-order valence-corrected chi connectivity index (χ3v) is 5.56. The van der Waals surface area contributed by atoms with Crippen LogP contribution >= 0.6 is 0 Å². The van der Waals surface area contributed by atoms with Crippen LogP contribution < -0.4 is 5.32 Å². The molecule has 1 nitrogen and oxygen atoms in total. The molecule has 0 heterocycles. The quantitative estimate of drug-likeness (QED) is 0.762. The van der Waals surface area contributed by atoms with E-state index in [4.69, 9.17) is 0 Å². The summed E-state index contributed by atoms with van der Waals surface area (Å²) in [6, 6.07) is 0.815. The zero-order chi connectivity index (χ0) is 12.8. The van der Waals surface area contributed by atoms with Crippen molar-refractivity contribution in [2.45, 2.75) is 83.6 Å². The van der Waals surface area contributed by atoms with Crippen molar-refractivity contribution in [3.05, 3.63) is 0 Å². The van der Waals surface area contributed by atoms with Gasteiger partial charge in [0.15, 0.2) is 0 Å². The SMILES string of the molecule is CNC(C1CCCCCCC1)C1CCC(C)CC1. The minimum absolute atomic E-state index is 0.815. The first-order valence-electron chi connectivity index (χ1n) is 8.48. The third kappa shape index (κ3) is 3.98. The predicted octanol–water partition coefficient (Wildman–Crippen LogP) is 4.76. The van der Waals surface area contributed by atoms with E-state index in [1.165, 1.54) is 70.6 Å². The Labute approximate surface area is 114 Å². The van der Waals surface area contributed by atoms with Gasteiger partial charge in [-0.1, -0.05) is 51.9 Å². The van der Waals surface area contributed by atoms with Crippen molar-refractivity contribution >= 4 is 0 Å². The van der Waals surface area contributed by atoms with Gasteiger partial charge < -0.3 is 5.32 Å². The summed E-state index contributed by atoms with van der Waals surface area (Å²) in [5.41, 5.74) is 0. The van der Waals surface area contributed by atoms with Crippen LogP contribution in [0, 0.1) is 17.8 Å². The molecule has 0 bridgehead atoms. The molecule has 0 aliphatic heterocycles. The Kier molecular flexibility index (Phi) is 6.01. The van der Waals surface area contributed by atoms with Gasteiger partial charge in [-0.3, -0.25) is 0 Å². The molecule has 2 aliphatic carbocycles. The van der Waals surface area contributed by atoms with Gasteiger partial charge in [-0.25, -0.2) is 0 Å². The molecular formula is C17H33N. The van der Waals surface area contributed by atoms with Crippen LogP contribution in [0.1, 0.15) is 77.6 Å². The van der Waals surface area contributed by atoms with E-state index in [1.54, 1.807) is 0 Å². The second-order valence-corrected chi connectivity index (χ2v) is 6.94. The molecule has 2 aliphatic rings. The third-order valence-electron chi connectivity index (χ3n) is 5.56. The van der Waals surface area contributed by atoms with Gasteiger partial charge in [0.05, 0.1) is 0 Å². The minimum atomic E-state index is 0.815. The van der Waals surface area contributed by atoms with Crippen molar-refractivity contribution in [3.63, 3.8) is 0 Å². The van der Waals surface area contributed by atoms with Crippen molar-refractivity contribution in [2.24, 2.45) is 17.8 Å². The van der Waals surface area contributed by atoms with Crippen LogP contribution in [-0.4, -0.2) is 13.1 Å². The monoisotopic (exact) mass is 251 g/mol. The lowest BCUT2D eigenvalue weighted by atomic mass is 9.73. The first-order valence-corrected chi connectivity index (χ1v) is 8.48. The second-order valence-electron chi connectivity index (χ2n) is 6.94. The van der Waals surface area contributed by atoms with Gasteiger partial charge in [-0.2, -0.15) is 0 Å². The van der Waals surface area contributed by atoms with Crippen molar-refractivity contribution < 1.29 is 0 Å². The highest BCUT2D eigenvalue weighted by molar-refractivity contribution is 4.85. The fourth-order valence-electron chi connectivity index (χ4n) is 4.35. The molecule has 1 heteroatoms. The predicted molar refractivity (Wildman–Crippen MR) is 79.8 cm³/mol. The molecule has 0 aromatic heterocycles. The zero-order valence-electron chi connectivity index (χ0n) is 12.6. The summed E-state index contributed by atoms with van der Waals surface area (Å²) in [5, 5.41) is 3.70. The molecule has 2 rings (SSSR count). The van der Waals surface area contributed by atoms with E-state index >= 15 is 0 Å². The van der Waals surface area contributed by atoms with Gasteiger partial charge >= 0.3 is 0 Å². The maximum Gasteiger partial charge on any atom is 0.0121 e. The van der Waals surface area contributed by atoms with Crippen LogP contribution in [0.5, 0.6) is 0 Å². The first-order chi connectivity index (χ1) is 8.81. The molecule has 0 radical (unpaired) electrons. The Hall–Kier alpha value is -0.0400. The van der Waals surface area contributed by atoms with E-state index in [9.17, 15) is 0 Å². The second kappa shape index (κ2) is 7.53. The van der Waals surface area contributed by atoms with Gasteiger partial charge in [0.25, 0.3) is 0 Å². The van der Waals surface area contributed by atoms with Crippen molar-refractivity contribution in [1.82, 2.24) is 5.32 Å². The van der Waals surface area contributed by atoms with E-state index in [-0.39, 0.29) is 0 Å². The average Bonchev–Trinajstić information content (AvgIpc) is 2.34. The Morgan fingerprint density at radius 1 is 0.722 bits per heavy atom. The largest absolute Gasteiger partial charge is 0.316 e. The van der Waals surface area contributed by atoms with Crippen LogP contribution in [0.2, 0.25) is 0 Å². The molecule has 0 aromatic rings. The highest BCUT2D eigenvalue weighted by Crippen LogP contribution is 2.36. The summed E-state index contributed by atoms with van der Waals surface area (Å²) in [6.07, 6.45) is 16.3. The van der Waals surface area contributed by atoms with E-state index in [1.807, 2.05) is 0 Å². The normalized spacial score (nSPS) is 33.7. The molecule has 2 saturated carbocycles. The minimum Gasteiger partial charge on any atom is -0.316 e. The van der Waals surface area contributed by atoms with E-state index in [0.717, 1.165) is 23.8 Å². The zero-order valence-corrected chi connectivity index (χ0v) is 12.6. The van der Waals surface area contributed by atoms with Crippen LogP contribution in [0.4, 0.5) is 0 Å². The summed E-state index contributed by atoms with van der Waals surface area (Å²) < 4.78 is 0. The fraction of sp³-hybridized carbons (Fsp3) is 1.00. The van der Waals surface area contributed by atoms with Gasteiger partial charge in [-0.05, 0) is 50.5 Å². The molecule has 1 unspecified atom stereocenters. The molecular weight excluding hydrogens is 218 g/mol. The Bertz CT molecular complexity index is 210. The molecule has 1 N–H and O–H groups in total. The molecule has 106 valence electrons. The number of nitrogens with one attached hydrogen (secondary N) is 1. The standard InChI is InChI=1S/C17H33N/c1-14-10-12-16(13-11-14)17(18-2)15-8-6-4-3-5-7-9-15/h14-18H,3-13H2,1-2H3. The molecule has 0 saturated heterocycles. The van der Waals surface area contributed by atoms with Crippen LogP contribution in [-0.2, 0) is 0 Å². The highest BCUT2D eigenvalue weighted by Gasteiger charge is 2.30. The van der Waals surface area contributed by atoms with Crippen molar-refractivity contribution in [1.29, 1.82) is 0 Å². The smallest absolute Gasteiger partial charge is 0.0121 e. The topological polar surface area (TPSA) is 12.0 Å². The summed E-state index contributed by atoms with van der Waals surface area (Å²) in [6.45, 7) is 2.43. The molecule has 0 aromatic carbocycles. The fourth-order valence-corrected chi connectivity index (χ4v) is 4.35. The Morgan fingerprint density at radius 3 is 1.78 bits per heavy atom. The summed E-state index contributed by atoms with van der Waals surface area (Å²) >= 11 is 0. The van der Waals surface area contributed by atoms with E-state index < -0.39 is 0 Å². The molecule has 0 amide bonds. The van der Waals surface area contributed by atoms with Crippen molar-refractivity contribution in [3.8, 4) is 0 Å². The summed E-state index contributed by atoms with van der Waals surface area (Å²) in [4.78, 5) is 0. The Balaban J connectivity index is 1.89. The van der Waals surface area contributed by atoms with Crippen molar-refractivity contribution in [2.75, 3.05) is 7.05 Å². The number of hydrogen-bond donors (Lipinski definition) is 1. The molecule has 2 fully saturated rings. The molecule has 0 spiro atoms. The lowest BCUT2D eigenvalue weighted by Crippen LogP contribution is -2.42. The number of hydrogen-bond acceptors (Lipinski definition) is 1. The lowest BCUT2D eigenvalue weighted by molar-refractivity contribution is 0.170. The van der Waals surface area contributed by atoms with E-state index in [2.05, 4.69) is 19.3 Å². The number of rotatable bonds is 3. The highest BCUT2D eigenvalue weighted by atomic mass is 14.9. The van der Waals surface area contributed by atoms with Crippen LogP contribution in [0.3, 0.4) is 0 Å². The van der Waals surface area contributed by atoms with Gasteiger partial charge in [-0.15, -0.1) is 0 Å². The van der Waals surface area contributed by atoms with Crippen LogP contribution in [0.25, 0.3) is 0 Å². The maximum absolute atomic E-state index is 3.70. The molecule has 1 atom stereocenters. The van der Waals surface area contributed by atoms with Gasteiger partial charge in [0.2, 0.25) is 0 Å². The lowest BCUT2D eigenvalue weighted by Gasteiger charge is -2.38. The Morgan fingerprint density at radius 2 is 1.22 bits per heavy atom. The van der Waals surface area contributed by atoms with E-state index in [0.29, 0.717) is 0 Å². The summed E-state index contributed by atoms with van der Waals surface area (Å²) in [5.74, 6) is 2.92. The average molecular weight is 251 g/mol. The van der Waals surface area contributed by atoms with Gasteiger partial charge in [0.1, 0.15) is 0 Å².